The SMILES string of the molecule is Nc1cc(N)cc(C(=O)OCCCCCCOC(=O)C=Cc2ccc(OCC3CCC(OCCCC(F)(F)F)CC3)cc2)c1. The fraction of sp³-hybridized carbons (Fsp3) is 0.515. The number of hydrogen-bond acceptors (Lipinski definition) is 8. The Labute approximate surface area is 256 Å². The fourth-order valence-corrected chi connectivity index (χ4v) is 4.86. The molecular formula is C33H43F3N2O6. The molecule has 242 valence electrons. The van der Waals surface area contributed by atoms with Crippen LogP contribution in [0.1, 0.15) is 80.1 Å². The van der Waals surface area contributed by atoms with Crippen molar-refractivity contribution in [1.82, 2.24) is 0 Å². The predicted octanol–water partition coefficient (Wildman–Crippen LogP) is 7.12. The minimum atomic E-state index is -4.13. The monoisotopic (exact) mass is 620 g/mol. The Morgan fingerprint density at radius 1 is 0.818 bits per heavy atom. The first kappa shape index (κ1) is 34.8. The van der Waals surface area contributed by atoms with E-state index in [9.17, 15) is 22.8 Å². The van der Waals surface area contributed by atoms with Crippen molar-refractivity contribution in [2.75, 3.05) is 37.9 Å². The number of halogens is 3. The highest BCUT2D eigenvalue weighted by Gasteiger charge is 2.27. The van der Waals surface area contributed by atoms with Gasteiger partial charge in [0, 0.05) is 30.5 Å². The van der Waals surface area contributed by atoms with E-state index >= 15 is 0 Å². The van der Waals surface area contributed by atoms with E-state index in [1.165, 1.54) is 18.2 Å². The van der Waals surface area contributed by atoms with Gasteiger partial charge < -0.3 is 30.4 Å². The lowest BCUT2D eigenvalue weighted by molar-refractivity contribution is -0.139. The van der Waals surface area contributed by atoms with E-state index in [1.54, 1.807) is 12.1 Å². The lowest BCUT2D eigenvalue weighted by atomic mass is 9.88. The van der Waals surface area contributed by atoms with Crippen LogP contribution in [-0.2, 0) is 19.0 Å². The van der Waals surface area contributed by atoms with Crippen LogP contribution in [0, 0.1) is 5.92 Å². The summed E-state index contributed by atoms with van der Waals surface area (Å²) in [4.78, 5) is 24.1. The van der Waals surface area contributed by atoms with Crippen molar-refractivity contribution in [3.05, 3.63) is 59.7 Å². The van der Waals surface area contributed by atoms with Crippen LogP contribution < -0.4 is 16.2 Å². The maximum absolute atomic E-state index is 12.2. The third kappa shape index (κ3) is 14.2. The first-order chi connectivity index (χ1) is 21.1. The molecule has 0 aromatic heterocycles. The Bertz CT molecular complexity index is 1170. The zero-order valence-corrected chi connectivity index (χ0v) is 25.0. The summed E-state index contributed by atoms with van der Waals surface area (Å²) in [5, 5.41) is 0. The Morgan fingerprint density at radius 2 is 1.45 bits per heavy atom. The Kier molecular flexibility index (Phi) is 14.3. The van der Waals surface area contributed by atoms with Crippen LogP contribution in [0.5, 0.6) is 5.75 Å². The number of rotatable bonds is 17. The highest BCUT2D eigenvalue weighted by molar-refractivity contribution is 5.91. The van der Waals surface area contributed by atoms with Crippen molar-refractivity contribution in [3.63, 3.8) is 0 Å². The number of unbranched alkanes of at least 4 members (excludes halogenated alkanes) is 3. The summed E-state index contributed by atoms with van der Waals surface area (Å²) < 4.78 is 58.7. The second-order valence-corrected chi connectivity index (χ2v) is 11.1. The van der Waals surface area contributed by atoms with E-state index in [0.29, 0.717) is 48.9 Å². The topological polar surface area (TPSA) is 123 Å². The van der Waals surface area contributed by atoms with Gasteiger partial charge >= 0.3 is 18.1 Å². The number of nitrogen functional groups attached to an aromatic ring is 2. The van der Waals surface area contributed by atoms with Crippen molar-refractivity contribution < 1.29 is 41.7 Å². The highest BCUT2D eigenvalue weighted by atomic mass is 19.4. The molecule has 1 saturated carbocycles. The summed E-state index contributed by atoms with van der Waals surface area (Å²) >= 11 is 0. The third-order valence-corrected chi connectivity index (χ3v) is 7.26. The number of nitrogens with two attached hydrogens (primary N) is 2. The normalized spacial score (nSPS) is 17.0. The molecule has 0 amide bonds. The van der Waals surface area contributed by atoms with Gasteiger partial charge in [0.15, 0.2) is 0 Å². The molecule has 0 unspecified atom stereocenters. The second kappa shape index (κ2) is 18.2. The highest BCUT2D eigenvalue weighted by Crippen LogP contribution is 2.28. The van der Waals surface area contributed by atoms with Crippen LogP contribution in [0.25, 0.3) is 6.08 Å². The van der Waals surface area contributed by atoms with E-state index < -0.39 is 24.5 Å². The molecule has 0 aliphatic heterocycles. The maximum Gasteiger partial charge on any atom is 0.389 e. The average molecular weight is 621 g/mol. The number of anilines is 2. The quantitative estimate of drug-likeness (QED) is 0.0830. The second-order valence-electron chi connectivity index (χ2n) is 11.1. The van der Waals surface area contributed by atoms with Gasteiger partial charge in [0.05, 0.1) is 31.5 Å². The van der Waals surface area contributed by atoms with Crippen LogP contribution in [-0.4, -0.2) is 50.6 Å². The molecule has 0 saturated heterocycles. The molecular weight excluding hydrogens is 577 g/mol. The van der Waals surface area contributed by atoms with Crippen molar-refractivity contribution in [3.8, 4) is 5.75 Å². The summed E-state index contributed by atoms with van der Waals surface area (Å²) in [6.45, 7) is 1.32. The predicted molar refractivity (Wildman–Crippen MR) is 163 cm³/mol. The van der Waals surface area contributed by atoms with Crippen molar-refractivity contribution >= 4 is 29.4 Å². The number of benzene rings is 2. The van der Waals surface area contributed by atoms with Crippen molar-refractivity contribution in [1.29, 1.82) is 0 Å². The number of alkyl halides is 3. The van der Waals surface area contributed by atoms with Crippen molar-refractivity contribution in [2.45, 2.75) is 76.5 Å². The Morgan fingerprint density at radius 3 is 2.09 bits per heavy atom. The van der Waals surface area contributed by atoms with Gasteiger partial charge in [-0.1, -0.05) is 12.1 Å². The maximum atomic E-state index is 12.2. The van der Waals surface area contributed by atoms with Gasteiger partial charge in [0.1, 0.15) is 5.75 Å². The van der Waals surface area contributed by atoms with E-state index in [0.717, 1.165) is 49.8 Å². The molecule has 3 rings (SSSR count). The first-order valence-electron chi connectivity index (χ1n) is 15.2. The summed E-state index contributed by atoms with van der Waals surface area (Å²) in [6.07, 6.45) is 4.77. The van der Waals surface area contributed by atoms with E-state index in [2.05, 4.69) is 0 Å². The summed E-state index contributed by atoms with van der Waals surface area (Å²) in [6, 6.07) is 12.0. The van der Waals surface area contributed by atoms with E-state index in [4.69, 9.17) is 30.4 Å². The Balaban J connectivity index is 1.20. The minimum absolute atomic E-state index is 0.00624. The molecule has 0 bridgehead atoms. The van der Waals surface area contributed by atoms with Gasteiger partial charge in [-0.2, -0.15) is 13.2 Å². The summed E-state index contributed by atoms with van der Waals surface area (Å²) in [5.74, 6) is 0.246. The molecule has 2 aromatic rings. The summed E-state index contributed by atoms with van der Waals surface area (Å²) in [7, 11) is 0. The molecule has 0 spiro atoms. The van der Waals surface area contributed by atoms with E-state index in [-0.39, 0.29) is 25.7 Å². The first-order valence-corrected chi connectivity index (χ1v) is 15.2. The molecule has 1 aliphatic carbocycles. The van der Waals surface area contributed by atoms with Crippen LogP contribution >= 0.6 is 0 Å². The molecule has 2 aromatic carbocycles. The van der Waals surface area contributed by atoms with Crippen LogP contribution in [0.15, 0.2) is 48.5 Å². The van der Waals surface area contributed by atoms with Gasteiger partial charge in [0.25, 0.3) is 0 Å². The smallest absolute Gasteiger partial charge is 0.389 e. The van der Waals surface area contributed by atoms with Gasteiger partial charge in [0.2, 0.25) is 0 Å². The van der Waals surface area contributed by atoms with Crippen LogP contribution in [0.4, 0.5) is 24.5 Å². The molecule has 8 nitrogen and oxygen atoms in total. The molecule has 0 heterocycles. The number of ether oxygens (including phenoxy) is 4. The molecule has 44 heavy (non-hydrogen) atoms. The number of esters is 2. The van der Waals surface area contributed by atoms with Gasteiger partial charge in [-0.05, 0) is 106 Å². The number of hydrogen-bond donors (Lipinski definition) is 2. The largest absolute Gasteiger partial charge is 0.493 e. The van der Waals surface area contributed by atoms with E-state index in [1.807, 2.05) is 24.3 Å². The van der Waals surface area contributed by atoms with Gasteiger partial charge in [-0.15, -0.1) is 0 Å². The summed E-state index contributed by atoms with van der Waals surface area (Å²) in [5.41, 5.74) is 13.4. The average Bonchev–Trinajstić information content (AvgIpc) is 2.98. The zero-order chi connectivity index (χ0) is 31.8. The lowest BCUT2D eigenvalue weighted by Gasteiger charge is -2.28. The zero-order valence-electron chi connectivity index (χ0n) is 25.0. The molecule has 0 atom stereocenters. The molecule has 0 radical (unpaired) electrons. The lowest BCUT2D eigenvalue weighted by Crippen LogP contribution is -2.25. The fourth-order valence-electron chi connectivity index (χ4n) is 4.86. The standard InChI is InChI=1S/C33H43F3N2O6/c34-33(35,36)16-5-19-41-29-13-8-25(9-14-29)23-44-30-11-6-24(7-12-30)10-15-31(39)42-17-3-1-2-4-18-43-32(40)26-20-27(37)22-28(38)21-26/h6-7,10-12,15,20-22,25,29H,1-5,8-9,13-14,16-19,23,37-38H2. The number of carbonyl (C=O) groups is 2. The minimum Gasteiger partial charge on any atom is -0.493 e. The third-order valence-electron chi connectivity index (χ3n) is 7.26. The molecule has 11 heteroatoms. The molecule has 1 aliphatic rings. The Hall–Kier alpha value is -3.73. The van der Waals surface area contributed by atoms with Crippen LogP contribution in [0.3, 0.4) is 0 Å². The van der Waals surface area contributed by atoms with Gasteiger partial charge in [-0.3, -0.25) is 0 Å². The number of carbonyl (C=O) groups excluding carboxylic acids is 2. The van der Waals surface area contributed by atoms with Crippen LogP contribution in [0.2, 0.25) is 0 Å². The molecule has 1 fully saturated rings. The van der Waals surface area contributed by atoms with Gasteiger partial charge in [-0.25, -0.2) is 9.59 Å². The molecule has 4 N–H and O–H groups in total. The van der Waals surface area contributed by atoms with Crippen molar-refractivity contribution in [2.24, 2.45) is 5.92 Å².